The minimum atomic E-state index is 0.484. The van der Waals surface area contributed by atoms with Gasteiger partial charge in [0.25, 0.3) is 0 Å². The van der Waals surface area contributed by atoms with Crippen LogP contribution in [0.25, 0.3) is 0 Å². The Bertz CT molecular complexity index is 314. The van der Waals surface area contributed by atoms with E-state index in [0.29, 0.717) is 13.1 Å². The van der Waals surface area contributed by atoms with Crippen LogP contribution in [0.4, 0.5) is 5.69 Å². The zero-order chi connectivity index (χ0) is 9.68. The molecule has 68 valence electrons. The van der Waals surface area contributed by atoms with Gasteiger partial charge in [-0.25, -0.2) is 0 Å². The molecule has 0 aliphatic carbocycles. The highest BCUT2D eigenvalue weighted by molar-refractivity contribution is 5.52. The Hall–Kier alpha value is -1.53. The Morgan fingerprint density at radius 1 is 1.69 bits per heavy atom. The van der Waals surface area contributed by atoms with Crippen molar-refractivity contribution in [1.29, 1.82) is 0 Å². The molecule has 3 heteroatoms. The normalized spacial score (nSPS) is 9.31. The van der Waals surface area contributed by atoms with Crippen molar-refractivity contribution in [3.63, 3.8) is 0 Å². The zero-order valence-corrected chi connectivity index (χ0v) is 7.70. The fourth-order valence-corrected chi connectivity index (χ4v) is 1.17. The van der Waals surface area contributed by atoms with Gasteiger partial charge in [-0.15, -0.1) is 6.42 Å². The van der Waals surface area contributed by atoms with Crippen molar-refractivity contribution in [2.45, 2.75) is 6.54 Å². The van der Waals surface area contributed by atoms with E-state index in [0.717, 1.165) is 11.3 Å². The van der Waals surface area contributed by atoms with Gasteiger partial charge in [-0.05, 0) is 6.07 Å². The van der Waals surface area contributed by atoms with Crippen molar-refractivity contribution in [1.82, 2.24) is 4.98 Å². The van der Waals surface area contributed by atoms with E-state index in [1.807, 2.05) is 18.0 Å². The first kappa shape index (κ1) is 9.56. The number of terminal acetylenes is 1. The van der Waals surface area contributed by atoms with Crippen molar-refractivity contribution >= 4 is 5.69 Å². The van der Waals surface area contributed by atoms with Crippen LogP contribution in [-0.2, 0) is 6.54 Å². The lowest BCUT2D eigenvalue weighted by atomic mass is 10.2. The molecule has 0 aromatic carbocycles. The number of rotatable bonds is 3. The van der Waals surface area contributed by atoms with Crippen molar-refractivity contribution in [3.05, 3.63) is 24.0 Å². The average Bonchev–Trinajstić information content (AvgIpc) is 2.18. The quantitative estimate of drug-likeness (QED) is 0.684. The van der Waals surface area contributed by atoms with Crippen molar-refractivity contribution < 1.29 is 0 Å². The van der Waals surface area contributed by atoms with Gasteiger partial charge in [-0.2, -0.15) is 0 Å². The molecule has 3 nitrogen and oxygen atoms in total. The molecule has 2 N–H and O–H groups in total. The van der Waals surface area contributed by atoms with E-state index in [2.05, 4.69) is 10.9 Å². The molecular weight excluding hydrogens is 162 g/mol. The average molecular weight is 175 g/mol. The number of anilines is 1. The van der Waals surface area contributed by atoms with Crippen LogP contribution in [0.5, 0.6) is 0 Å². The minimum absolute atomic E-state index is 0.484. The largest absolute Gasteiger partial charge is 0.363 e. The van der Waals surface area contributed by atoms with E-state index >= 15 is 0 Å². The van der Waals surface area contributed by atoms with E-state index in [9.17, 15) is 0 Å². The highest BCUT2D eigenvalue weighted by atomic mass is 15.1. The Kier molecular flexibility index (Phi) is 3.30. The molecule has 0 aliphatic rings. The predicted octanol–water partition coefficient (Wildman–Crippen LogP) is 0.610. The molecule has 0 atom stereocenters. The Balaban J connectivity index is 2.93. The maximum atomic E-state index is 5.57. The first-order valence-electron chi connectivity index (χ1n) is 4.07. The van der Waals surface area contributed by atoms with Crippen LogP contribution in [-0.4, -0.2) is 18.6 Å². The monoisotopic (exact) mass is 175 g/mol. The van der Waals surface area contributed by atoms with Crippen LogP contribution in [0, 0.1) is 12.3 Å². The summed E-state index contributed by atoms with van der Waals surface area (Å²) in [4.78, 5) is 5.98. The van der Waals surface area contributed by atoms with Gasteiger partial charge in [0.2, 0.25) is 0 Å². The number of nitrogens with zero attached hydrogens (tertiary/aromatic N) is 2. The van der Waals surface area contributed by atoms with Gasteiger partial charge >= 0.3 is 0 Å². The summed E-state index contributed by atoms with van der Waals surface area (Å²) in [5.74, 6) is 2.58. The molecule has 0 spiro atoms. The Morgan fingerprint density at radius 2 is 2.46 bits per heavy atom. The summed E-state index contributed by atoms with van der Waals surface area (Å²) >= 11 is 0. The van der Waals surface area contributed by atoms with E-state index in [1.165, 1.54) is 0 Å². The number of hydrogen-bond donors (Lipinski definition) is 1. The molecule has 0 saturated carbocycles. The summed E-state index contributed by atoms with van der Waals surface area (Å²) in [7, 11) is 1.94. The molecule has 0 fully saturated rings. The molecule has 0 radical (unpaired) electrons. The topological polar surface area (TPSA) is 42.2 Å². The maximum absolute atomic E-state index is 5.57. The van der Waals surface area contributed by atoms with Gasteiger partial charge in [0.15, 0.2) is 0 Å². The Morgan fingerprint density at radius 3 is 3.08 bits per heavy atom. The lowest BCUT2D eigenvalue weighted by Crippen LogP contribution is -2.19. The second-order valence-electron chi connectivity index (χ2n) is 2.77. The maximum Gasteiger partial charge on any atom is 0.0788 e. The molecule has 0 saturated heterocycles. The second-order valence-corrected chi connectivity index (χ2v) is 2.77. The van der Waals surface area contributed by atoms with Crippen molar-refractivity contribution in [2.24, 2.45) is 5.73 Å². The van der Waals surface area contributed by atoms with Crippen LogP contribution < -0.4 is 10.6 Å². The lowest BCUT2D eigenvalue weighted by molar-refractivity contribution is 0.980. The molecule has 0 unspecified atom stereocenters. The van der Waals surface area contributed by atoms with Crippen LogP contribution in [0.2, 0.25) is 0 Å². The molecule has 0 amide bonds. The molecule has 1 aromatic heterocycles. The van der Waals surface area contributed by atoms with Crippen molar-refractivity contribution in [2.75, 3.05) is 18.5 Å². The van der Waals surface area contributed by atoms with E-state index in [1.54, 1.807) is 12.4 Å². The number of pyridine rings is 1. The molecule has 1 heterocycles. The van der Waals surface area contributed by atoms with Crippen LogP contribution in [0.15, 0.2) is 18.5 Å². The van der Waals surface area contributed by atoms with Crippen LogP contribution in [0.1, 0.15) is 5.56 Å². The smallest absolute Gasteiger partial charge is 0.0788 e. The van der Waals surface area contributed by atoms with Crippen molar-refractivity contribution in [3.8, 4) is 12.3 Å². The van der Waals surface area contributed by atoms with Gasteiger partial charge < -0.3 is 10.6 Å². The van der Waals surface area contributed by atoms with Gasteiger partial charge in [0.05, 0.1) is 6.54 Å². The summed E-state index contributed by atoms with van der Waals surface area (Å²) in [6.07, 6.45) is 8.72. The lowest BCUT2D eigenvalue weighted by Gasteiger charge is -2.18. The molecule has 0 aliphatic heterocycles. The number of hydrogen-bond acceptors (Lipinski definition) is 3. The summed E-state index contributed by atoms with van der Waals surface area (Å²) in [5, 5.41) is 0. The highest BCUT2D eigenvalue weighted by Crippen LogP contribution is 2.16. The fraction of sp³-hybridized carbons (Fsp3) is 0.300. The van der Waals surface area contributed by atoms with Gasteiger partial charge in [-0.3, -0.25) is 4.98 Å². The summed E-state index contributed by atoms with van der Waals surface area (Å²) in [6.45, 7) is 1.06. The third kappa shape index (κ3) is 2.20. The standard InChI is InChI=1S/C10H13N3/c1-3-6-13(2)10-4-5-12-8-9(10)7-11/h1,4-5,8H,6-7,11H2,2H3. The van der Waals surface area contributed by atoms with E-state index in [-0.39, 0.29) is 0 Å². The first-order chi connectivity index (χ1) is 6.29. The fourth-order valence-electron chi connectivity index (χ4n) is 1.17. The summed E-state index contributed by atoms with van der Waals surface area (Å²) in [5.41, 5.74) is 7.63. The van der Waals surface area contributed by atoms with Crippen LogP contribution >= 0.6 is 0 Å². The molecule has 1 aromatic rings. The molecule has 1 rings (SSSR count). The zero-order valence-electron chi connectivity index (χ0n) is 7.70. The number of aromatic nitrogens is 1. The Labute approximate surface area is 78.6 Å². The third-order valence-corrected chi connectivity index (χ3v) is 1.84. The number of nitrogens with two attached hydrogens (primary N) is 1. The summed E-state index contributed by atoms with van der Waals surface area (Å²) < 4.78 is 0. The molecular formula is C10H13N3. The SMILES string of the molecule is C#CCN(C)c1ccncc1CN. The van der Waals surface area contributed by atoms with E-state index < -0.39 is 0 Å². The van der Waals surface area contributed by atoms with Gasteiger partial charge in [0.1, 0.15) is 0 Å². The van der Waals surface area contributed by atoms with Crippen LogP contribution in [0.3, 0.4) is 0 Å². The van der Waals surface area contributed by atoms with Gasteiger partial charge in [0, 0.05) is 37.2 Å². The first-order valence-corrected chi connectivity index (χ1v) is 4.07. The molecule has 0 bridgehead atoms. The minimum Gasteiger partial charge on any atom is -0.363 e. The van der Waals surface area contributed by atoms with Gasteiger partial charge in [-0.1, -0.05) is 5.92 Å². The summed E-state index contributed by atoms with van der Waals surface area (Å²) in [6, 6.07) is 1.92. The third-order valence-electron chi connectivity index (χ3n) is 1.84. The van der Waals surface area contributed by atoms with E-state index in [4.69, 9.17) is 12.2 Å². The predicted molar refractivity (Wildman–Crippen MR) is 54.2 cm³/mol. The second kappa shape index (κ2) is 4.48. The highest BCUT2D eigenvalue weighted by Gasteiger charge is 2.03. The molecule has 13 heavy (non-hydrogen) atoms.